The van der Waals surface area contributed by atoms with E-state index in [1.165, 1.54) is 29.3 Å². The second-order valence-corrected chi connectivity index (χ2v) is 6.72. The molecule has 0 saturated carbocycles. The van der Waals surface area contributed by atoms with Crippen molar-refractivity contribution in [3.63, 3.8) is 0 Å². The molecule has 0 aromatic heterocycles. The van der Waals surface area contributed by atoms with Gasteiger partial charge in [0.25, 0.3) is 0 Å². The number of amides is 1. The van der Waals surface area contributed by atoms with Gasteiger partial charge in [-0.3, -0.25) is 4.79 Å². The third kappa shape index (κ3) is 3.30. The minimum absolute atomic E-state index is 0.00188. The Hall–Kier alpha value is -2.51. The number of carbonyl (C=O) groups excluding carboxylic acids is 1. The van der Waals surface area contributed by atoms with Crippen LogP contribution < -0.4 is 10.1 Å². The first-order chi connectivity index (χ1) is 10.9. The molecule has 1 aliphatic rings. The van der Waals surface area contributed by atoms with Gasteiger partial charge in [0.05, 0.1) is 16.3 Å². The van der Waals surface area contributed by atoms with Crippen molar-refractivity contribution in [2.75, 3.05) is 5.01 Å². The molecule has 0 saturated heterocycles. The zero-order valence-electron chi connectivity index (χ0n) is 12.2. The Balaban J connectivity index is 1.96. The van der Waals surface area contributed by atoms with E-state index in [1.807, 2.05) is 30.3 Å². The summed E-state index contributed by atoms with van der Waals surface area (Å²) in [6.45, 7) is 0. The molecule has 0 spiro atoms. The van der Waals surface area contributed by atoms with E-state index in [0.717, 1.165) is 11.3 Å². The molecule has 0 aliphatic carbocycles. The molecule has 0 bridgehead atoms. The van der Waals surface area contributed by atoms with Crippen molar-refractivity contribution in [3.8, 4) is 0 Å². The fourth-order valence-corrected chi connectivity index (χ4v) is 2.88. The highest BCUT2D eigenvalue weighted by Crippen LogP contribution is 2.23. The number of hydrogen-bond donors (Lipinski definition) is 1. The Bertz CT molecular complexity index is 859. The number of primary sulfonamides is 1. The molecule has 0 unspecified atom stereocenters. The topological polar surface area (TPSA) is 92.8 Å². The van der Waals surface area contributed by atoms with E-state index in [1.54, 1.807) is 0 Å². The minimum atomic E-state index is -3.76. The monoisotopic (exact) mass is 329 g/mol. The van der Waals surface area contributed by atoms with E-state index in [-0.39, 0.29) is 10.8 Å². The molecule has 2 N–H and O–H groups in total. The van der Waals surface area contributed by atoms with Crippen molar-refractivity contribution in [1.29, 1.82) is 0 Å². The Morgan fingerprint density at radius 2 is 1.61 bits per heavy atom. The summed E-state index contributed by atoms with van der Waals surface area (Å²) in [6, 6.07) is 15.4. The highest BCUT2D eigenvalue weighted by Gasteiger charge is 2.23. The quantitative estimate of drug-likeness (QED) is 0.931. The van der Waals surface area contributed by atoms with Gasteiger partial charge in [-0.05, 0) is 29.8 Å². The first-order valence-corrected chi connectivity index (χ1v) is 8.58. The van der Waals surface area contributed by atoms with Crippen molar-refractivity contribution < 1.29 is 13.2 Å². The third-order valence-corrected chi connectivity index (χ3v) is 4.48. The first kappa shape index (κ1) is 15.4. The molecule has 6 nitrogen and oxygen atoms in total. The number of anilines is 1. The van der Waals surface area contributed by atoms with E-state index in [4.69, 9.17) is 5.14 Å². The number of sulfonamides is 1. The summed E-state index contributed by atoms with van der Waals surface area (Å²) in [5.41, 5.74) is 2.29. The van der Waals surface area contributed by atoms with Crippen LogP contribution in [0.5, 0.6) is 0 Å². The summed E-state index contributed by atoms with van der Waals surface area (Å²) in [7, 11) is -3.76. The van der Waals surface area contributed by atoms with Crippen LogP contribution in [0.2, 0.25) is 0 Å². The lowest BCUT2D eigenvalue weighted by molar-refractivity contribution is -0.118. The SMILES string of the molecule is NS(=O)(=O)c1ccc(N2N=C(c3ccccc3)CCC2=O)cc1. The fourth-order valence-electron chi connectivity index (χ4n) is 2.37. The van der Waals surface area contributed by atoms with Gasteiger partial charge in [0.1, 0.15) is 0 Å². The van der Waals surface area contributed by atoms with Gasteiger partial charge in [-0.2, -0.15) is 5.10 Å². The Morgan fingerprint density at radius 1 is 0.957 bits per heavy atom. The highest BCUT2D eigenvalue weighted by molar-refractivity contribution is 7.89. The van der Waals surface area contributed by atoms with Gasteiger partial charge in [0.2, 0.25) is 15.9 Å². The predicted octanol–water partition coefficient (Wildman–Crippen LogP) is 1.87. The molecule has 0 fully saturated rings. The molecule has 3 rings (SSSR count). The molecule has 0 radical (unpaired) electrons. The number of hydrazone groups is 1. The lowest BCUT2D eigenvalue weighted by Gasteiger charge is -2.23. The second kappa shape index (κ2) is 5.94. The van der Waals surface area contributed by atoms with Crippen molar-refractivity contribution in [3.05, 3.63) is 60.2 Å². The zero-order valence-corrected chi connectivity index (χ0v) is 13.0. The summed E-state index contributed by atoms with van der Waals surface area (Å²) in [5.74, 6) is -0.131. The largest absolute Gasteiger partial charge is 0.273 e. The summed E-state index contributed by atoms with van der Waals surface area (Å²) in [6.07, 6.45) is 0.930. The van der Waals surface area contributed by atoms with E-state index in [0.29, 0.717) is 18.5 Å². The molecule has 2 aromatic rings. The number of nitrogens with zero attached hydrogens (tertiary/aromatic N) is 2. The van der Waals surface area contributed by atoms with Gasteiger partial charge < -0.3 is 0 Å². The van der Waals surface area contributed by atoms with E-state index in [9.17, 15) is 13.2 Å². The number of carbonyl (C=O) groups is 1. The van der Waals surface area contributed by atoms with Crippen LogP contribution in [0.3, 0.4) is 0 Å². The van der Waals surface area contributed by atoms with Crippen molar-refractivity contribution in [2.24, 2.45) is 10.2 Å². The van der Waals surface area contributed by atoms with Gasteiger partial charge in [-0.15, -0.1) is 0 Å². The van der Waals surface area contributed by atoms with Crippen molar-refractivity contribution in [1.82, 2.24) is 0 Å². The standard InChI is InChI=1S/C16H15N3O3S/c17-23(21,22)14-8-6-13(7-9-14)19-16(20)11-10-15(18-19)12-4-2-1-3-5-12/h1-9H,10-11H2,(H2,17,21,22). The summed E-state index contributed by atoms with van der Waals surface area (Å²) in [5, 5.41) is 10.8. The van der Waals surface area contributed by atoms with E-state index < -0.39 is 10.0 Å². The van der Waals surface area contributed by atoms with Gasteiger partial charge >= 0.3 is 0 Å². The summed E-state index contributed by atoms with van der Waals surface area (Å²) < 4.78 is 22.6. The van der Waals surface area contributed by atoms with Crippen LogP contribution >= 0.6 is 0 Å². The van der Waals surface area contributed by atoms with Crippen molar-refractivity contribution in [2.45, 2.75) is 17.7 Å². The minimum Gasteiger partial charge on any atom is -0.273 e. The van der Waals surface area contributed by atoms with Gasteiger partial charge in [-0.1, -0.05) is 30.3 Å². The fraction of sp³-hybridized carbons (Fsp3) is 0.125. The average Bonchev–Trinajstić information content (AvgIpc) is 2.55. The van der Waals surface area contributed by atoms with E-state index in [2.05, 4.69) is 5.10 Å². The highest BCUT2D eigenvalue weighted by atomic mass is 32.2. The maximum absolute atomic E-state index is 12.1. The van der Waals surface area contributed by atoms with Crippen LogP contribution in [0, 0.1) is 0 Å². The number of rotatable bonds is 3. The number of hydrogen-bond acceptors (Lipinski definition) is 4. The molecule has 118 valence electrons. The lowest BCUT2D eigenvalue weighted by atomic mass is 10.0. The molecule has 1 heterocycles. The maximum Gasteiger partial charge on any atom is 0.247 e. The lowest BCUT2D eigenvalue weighted by Crippen LogP contribution is -2.31. The van der Waals surface area contributed by atoms with Gasteiger partial charge in [0, 0.05) is 12.8 Å². The van der Waals surface area contributed by atoms with Crippen LogP contribution in [0.15, 0.2) is 64.6 Å². The Kier molecular flexibility index (Phi) is 3.97. The normalized spacial score (nSPS) is 15.4. The molecular weight excluding hydrogens is 314 g/mol. The molecule has 2 aromatic carbocycles. The van der Waals surface area contributed by atoms with E-state index >= 15 is 0 Å². The molecule has 1 aliphatic heterocycles. The first-order valence-electron chi connectivity index (χ1n) is 7.04. The van der Waals surface area contributed by atoms with Crippen molar-refractivity contribution >= 4 is 27.3 Å². The van der Waals surface area contributed by atoms with Gasteiger partial charge in [-0.25, -0.2) is 18.6 Å². The average molecular weight is 329 g/mol. The number of benzene rings is 2. The molecule has 1 amide bonds. The van der Waals surface area contributed by atoms with Crippen LogP contribution in [-0.2, 0) is 14.8 Å². The molecular formula is C16H15N3O3S. The Morgan fingerprint density at radius 3 is 2.22 bits per heavy atom. The second-order valence-electron chi connectivity index (χ2n) is 5.16. The van der Waals surface area contributed by atoms with Crippen LogP contribution in [-0.4, -0.2) is 20.0 Å². The van der Waals surface area contributed by atoms with Crippen LogP contribution in [0.25, 0.3) is 0 Å². The molecule has 23 heavy (non-hydrogen) atoms. The molecule has 0 atom stereocenters. The van der Waals surface area contributed by atoms with Crippen LogP contribution in [0.1, 0.15) is 18.4 Å². The van der Waals surface area contributed by atoms with Gasteiger partial charge in [0.15, 0.2) is 0 Å². The third-order valence-electron chi connectivity index (χ3n) is 3.55. The smallest absolute Gasteiger partial charge is 0.247 e. The maximum atomic E-state index is 12.1. The summed E-state index contributed by atoms with van der Waals surface area (Å²) in [4.78, 5) is 12.1. The Labute approximate surface area is 134 Å². The number of nitrogens with two attached hydrogens (primary N) is 1. The van der Waals surface area contributed by atoms with Crippen LogP contribution in [0.4, 0.5) is 5.69 Å². The summed E-state index contributed by atoms with van der Waals surface area (Å²) >= 11 is 0. The predicted molar refractivity (Wildman–Crippen MR) is 87.5 cm³/mol. The zero-order chi connectivity index (χ0) is 16.4. The molecule has 7 heteroatoms.